The zero-order valence-electron chi connectivity index (χ0n) is 27.1. The molecule has 250 valence electrons. The van der Waals surface area contributed by atoms with Crippen molar-refractivity contribution in [3.05, 3.63) is 95.2 Å². The molecule has 2 fully saturated rings. The van der Waals surface area contributed by atoms with Crippen LogP contribution in [-0.2, 0) is 6.61 Å². The van der Waals surface area contributed by atoms with Gasteiger partial charge in [-0.2, -0.15) is 0 Å². The summed E-state index contributed by atoms with van der Waals surface area (Å²) < 4.78 is 14.9. The summed E-state index contributed by atoms with van der Waals surface area (Å²) in [7, 11) is 3.42. The summed E-state index contributed by atoms with van der Waals surface area (Å²) in [6.07, 6.45) is 6.75. The summed E-state index contributed by atoms with van der Waals surface area (Å²) in [6, 6.07) is 13.5. The molecular weight excluding hydrogens is 627 g/mol. The molecule has 13 heteroatoms. The normalized spacial score (nSPS) is 14.6. The fourth-order valence-corrected chi connectivity index (χ4v) is 6.22. The molecule has 0 bridgehead atoms. The number of nitrogens with one attached hydrogen (secondary N) is 2. The standard InChI is InChI=1S/C36H35FN8O4/c1-43(2)36(49)45-15-13-44(14-16-45)35(48)23-6-8-30(40-19-23)31-18-27-24(9-11-38-32(27)41-31)25-10-12-39-33(28(25)20-46)42-34(47)26-7-5-22(17-29(26)37)21-3-4-21/h5-12,17-19,21,46H,3-4,13-16,20H2,1-2H3,(H,38,41)(H,39,42,47). The second-order valence-corrected chi connectivity index (χ2v) is 12.5. The van der Waals surface area contributed by atoms with E-state index in [1.807, 2.05) is 6.07 Å². The number of H-pyrrole nitrogens is 1. The van der Waals surface area contributed by atoms with E-state index in [0.717, 1.165) is 29.4 Å². The number of anilines is 1. The molecule has 0 atom stereocenters. The number of aromatic amines is 1. The van der Waals surface area contributed by atoms with Gasteiger partial charge in [-0.15, -0.1) is 0 Å². The third kappa shape index (κ3) is 6.32. The van der Waals surface area contributed by atoms with E-state index >= 15 is 0 Å². The monoisotopic (exact) mass is 662 g/mol. The van der Waals surface area contributed by atoms with Gasteiger partial charge in [-0.05, 0) is 77.9 Å². The minimum atomic E-state index is -0.655. The van der Waals surface area contributed by atoms with Crippen molar-refractivity contribution in [3.8, 4) is 22.5 Å². The topological polar surface area (TPSA) is 148 Å². The number of halogens is 1. The number of aliphatic hydroxyl groups excluding tert-OH is 1. The summed E-state index contributed by atoms with van der Waals surface area (Å²) in [6.45, 7) is 1.39. The molecule has 7 rings (SSSR count). The molecule has 5 aromatic rings. The van der Waals surface area contributed by atoms with E-state index in [1.165, 1.54) is 23.2 Å². The lowest BCUT2D eigenvalue weighted by Crippen LogP contribution is -2.52. The average molecular weight is 663 g/mol. The van der Waals surface area contributed by atoms with E-state index in [1.54, 1.807) is 66.6 Å². The Morgan fingerprint density at radius 2 is 1.67 bits per heavy atom. The number of nitrogens with zero attached hydrogens (tertiary/aromatic N) is 6. The number of aromatic nitrogens is 4. The molecule has 0 radical (unpaired) electrons. The van der Waals surface area contributed by atoms with E-state index < -0.39 is 18.3 Å². The molecule has 1 aliphatic heterocycles. The van der Waals surface area contributed by atoms with Crippen molar-refractivity contribution in [3.63, 3.8) is 0 Å². The fourth-order valence-electron chi connectivity index (χ4n) is 6.22. The van der Waals surface area contributed by atoms with E-state index in [9.17, 15) is 23.9 Å². The zero-order chi connectivity index (χ0) is 34.2. The number of pyridine rings is 3. The number of piperazine rings is 1. The summed E-state index contributed by atoms with van der Waals surface area (Å²) in [5.41, 5.74) is 4.80. The van der Waals surface area contributed by atoms with Crippen molar-refractivity contribution in [2.75, 3.05) is 45.6 Å². The fraction of sp³-hybridized carbons (Fsp3) is 0.278. The number of hydrogen-bond acceptors (Lipinski definition) is 7. The maximum atomic E-state index is 14.9. The van der Waals surface area contributed by atoms with Gasteiger partial charge in [0.05, 0.1) is 29.1 Å². The second-order valence-electron chi connectivity index (χ2n) is 12.5. The Bertz CT molecular complexity index is 2070. The van der Waals surface area contributed by atoms with Crippen molar-refractivity contribution < 1.29 is 23.9 Å². The van der Waals surface area contributed by atoms with Crippen molar-refractivity contribution in [2.24, 2.45) is 0 Å². The van der Waals surface area contributed by atoms with Crippen LogP contribution in [0.1, 0.15) is 50.6 Å². The summed E-state index contributed by atoms with van der Waals surface area (Å²) in [4.78, 5) is 60.1. The first kappa shape index (κ1) is 31.9. The third-order valence-electron chi connectivity index (χ3n) is 9.06. The Morgan fingerprint density at radius 1 is 0.939 bits per heavy atom. The van der Waals surface area contributed by atoms with Gasteiger partial charge >= 0.3 is 6.03 Å². The van der Waals surface area contributed by atoms with Crippen LogP contribution in [0, 0.1) is 5.82 Å². The SMILES string of the molecule is CN(C)C(=O)N1CCN(C(=O)c2ccc(-c3cc4c(-c5ccnc(NC(=O)c6ccc(C7CC7)cc6F)c5CO)ccnc4[nH]3)nc2)CC1. The average Bonchev–Trinajstić information content (AvgIpc) is 3.88. The van der Waals surface area contributed by atoms with Crippen LogP contribution in [0.25, 0.3) is 33.5 Å². The lowest BCUT2D eigenvalue weighted by atomic mass is 9.99. The van der Waals surface area contributed by atoms with Crippen molar-refractivity contribution >= 4 is 34.7 Å². The van der Waals surface area contributed by atoms with Gasteiger partial charge in [0.1, 0.15) is 17.3 Å². The van der Waals surface area contributed by atoms with Crippen LogP contribution in [0.5, 0.6) is 0 Å². The molecule has 49 heavy (non-hydrogen) atoms. The number of benzene rings is 1. The smallest absolute Gasteiger partial charge is 0.319 e. The number of urea groups is 1. The van der Waals surface area contributed by atoms with Crippen molar-refractivity contribution in [1.82, 2.24) is 34.6 Å². The van der Waals surface area contributed by atoms with Crippen LogP contribution >= 0.6 is 0 Å². The van der Waals surface area contributed by atoms with Crippen molar-refractivity contribution in [2.45, 2.75) is 25.4 Å². The predicted molar refractivity (Wildman–Crippen MR) is 181 cm³/mol. The van der Waals surface area contributed by atoms with Crippen LogP contribution in [0.4, 0.5) is 15.0 Å². The first-order chi connectivity index (χ1) is 23.7. The largest absolute Gasteiger partial charge is 0.392 e. The van der Waals surface area contributed by atoms with Gasteiger partial charge in [-0.1, -0.05) is 6.07 Å². The molecule has 1 aromatic carbocycles. The molecule has 0 unspecified atom stereocenters. The molecule has 2 aliphatic rings. The van der Waals surface area contributed by atoms with Crippen LogP contribution in [0.3, 0.4) is 0 Å². The third-order valence-corrected chi connectivity index (χ3v) is 9.06. The predicted octanol–water partition coefficient (Wildman–Crippen LogP) is 4.89. The number of carbonyl (C=O) groups is 3. The first-order valence-corrected chi connectivity index (χ1v) is 16.1. The Hall–Kier alpha value is -5.69. The number of amides is 4. The maximum Gasteiger partial charge on any atom is 0.319 e. The lowest BCUT2D eigenvalue weighted by molar-refractivity contribution is 0.0649. The van der Waals surface area contributed by atoms with E-state index in [-0.39, 0.29) is 23.3 Å². The van der Waals surface area contributed by atoms with Gasteiger partial charge in [0.15, 0.2) is 0 Å². The number of aliphatic hydroxyl groups is 1. The maximum absolute atomic E-state index is 14.9. The first-order valence-electron chi connectivity index (χ1n) is 16.1. The quantitative estimate of drug-likeness (QED) is 0.225. The molecule has 4 aromatic heterocycles. The highest BCUT2D eigenvalue weighted by Crippen LogP contribution is 2.40. The summed E-state index contributed by atoms with van der Waals surface area (Å²) in [5, 5.41) is 13.9. The zero-order valence-corrected chi connectivity index (χ0v) is 27.1. The summed E-state index contributed by atoms with van der Waals surface area (Å²) >= 11 is 0. The van der Waals surface area contributed by atoms with Crippen molar-refractivity contribution in [1.29, 1.82) is 0 Å². The number of rotatable bonds is 7. The molecular formula is C36H35FN8O4. The molecule has 5 heterocycles. The van der Waals surface area contributed by atoms with Crippen LogP contribution in [-0.4, -0.2) is 97.9 Å². The summed E-state index contributed by atoms with van der Waals surface area (Å²) in [5.74, 6) is -0.911. The van der Waals surface area contributed by atoms with E-state index in [0.29, 0.717) is 65.8 Å². The highest BCUT2D eigenvalue weighted by Gasteiger charge is 2.27. The highest BCUT2D eigenvalue weighted by atomic mass is 19.1. The highest BCUT2D eigenvalue weighted by molar-refractivity contribution is 6.05. The Morgan fingerprint density at radius 3 is 2.35 bits per heavy atom. The van der Waals surface area contributed by atoms with Gasteiger partial charge in [-0.3, -0.25) is 14.6 Å². The van der Waals surface area contributed by atoms with Crippen LogP contribution in [0.2, 0.25) is 0 Å². The molecule has 1 saturated carbocycles. The minimum absolute atomic E-state index is 0.0700. The lowest BCUT2D eigenvalue weighted by Gasteiger charge is -2.35. The van der Waals surface area contributed by atoms with Gasteiger partial charge < -0.3 is 30.1 Å². The molecule has 1 aliphatic carbocycles. The van der Waals surface area contributed by atoms with E-state index in [2.05, 4.69) is 25.3 Å². The Balaban J connectivity index is 1.11. The van der Waals surface area contributed by atoms with Gasteiger partial charge in [-0.25, -0.2) is 19.2 Å². The second kappa shape index (κ2) is 13.1. The molecule has 0 spiro atoms. The number of fused-ring (bicyclic) bond motifs is 1. The minimum Gasteiger partial charge on any atom is -0.392 e. The van der Waals surface area contributed by atoms with Gasteiger partial charge in [0.2, 0.25) is 0 Å². The van der Waals surface area contributed by atoms with Crippen LogP contribution in [0.15, 0.2) is 67.1 Å². The van der Waals surface area contributed by atoms with Crippen LogP contribution < -0.4 is 5.32 Å². The molecule has 4 amide bonds. The van der Waals surface area contributed by atoms with E-state index in [4.69, 9.17) is 0 Å². The number of carbonyl (C=O) groups excluding carboxylic acids is 3. The molecule has 1 saturated heterocycles. The number of hydrogen-bond donors (Lipinski definition) is 3. The van der Waals surface area contributed by atoms with Gasteiger partial charge in [0, 0.05) is 69.8 Å². The Labute approximate surface area is 281 Å². The molecule has 3 N–H and O–H groups in total. The Kier molecular flexibility index (Phi) is 8.51. The van der Waals surface area contributed by atoms with Gasteiger partial charge in [0.25, 0.3) is 11.8 Å². The molecule has 12 nitrogen and oxygen atoms in total.